The van der Waals surface area contributed by atoms with Gasteiger partial charge in [-0.3, -0.25) is 14.4 Å². The number of nitrogens with zero attached hydrogens (tertiary/aromatic N) is 2. The van der Waals surface area contributed by atoms with Crippen LogP contribution in [0.4, 0.5) is 15.8 Å². The standard InChI is InChI=1S/C29H28ClFN2O4/c1-3-27(34)32(22-15-11-20(30)12-16-22)26-17-23(18-37-28(35)4-2)33(25-8-6-5-7-24(25)26)29(36)19-9-13-21(31)14-10-19/h5-16,23,26H,3-4,17-18H2,1-2H3/t23-,26-/m1/s1. The summed E-state index contributed by atoms with van der Waals surface area (Å²) in [7, 11) is 0. The Morgan fingerprint density at radius 2 is 1.65 bits per heavy atom. The van der Waals surface area contributed by atoms with Gasteiger partial charge in [-0.15, -0.1) is 0 Å². The maximum absolute atomic E-state index is 13.7. The lowest BCUT2D eigenvalue weighted by atomic mass is 9.88. The Kier molecular flexibility index (Phi) is 8.24. The average Bonchev–Trinajstić information content (AvgIpc) is 2.92. The van der Waals surface area contributed by atoms with Gasteiger partial charge in [0.15, 0.2) is 0 Å². The molecule has 0 spiro atoms. The first-order valence-corrected chi connectivity index (χ1v) is 12.6. The van der Waals surface area contributed by atoms with Crippen LogP contribution in [0.1, 0.15) is 55.1 Å². The van der Waals surface area contributed by atoms with Gasteiger partial charge in [0.25, 0.3) is 5.91 Å². The number of amides is 2. The summed E-state index contributed by atoms with van der Waals surface area (Å²) in [5.41, 5.74) is 2.38. The minimum atomic E-state index is -0.563. The third-order valence-corrected chi connectivity index (χ3v) is 6.69. The van der Waals surface area contributed by atoms with E-state index in [-0.39, 0.29) is 37.2 Å². The average molecular weight is 523 g/mol. The molecule has 0 radical (unpaired) electrons. The van der Waals surface area contributed by atoms with Gasteiger partial charge in [-0.2, -0.15) is 0 Å². The summed E-state index contributed by atoms with van der Waals surface area (Å²) in [6, 6.07) is 18.8. The van der Waals surface area contributed by atoms with E-state index in [2.05, 4.69) is 0 Å². The largest absolute Gasteiger partial charge is 0.463 e. The van der Waals surface area contributed by atoms with Crippen molar-refractivity contribution in [3.8, 4) is 0 Å². The Hall–Kier alpha value is -3.71. The molecule has 1 heterocycles. The van der Waals surface area contributed by atoms with Crippen molar-refractivity contribution in [2.24, 2.45) is 0 Å². The molecule has 8 heteroatoms. The van der Waals surface area contributed by atoms with Crippen molar-refractivity contribution in [3.05, 3.63) is 94.8 Å². The third-order valence-electron chi connectivity index (χ3n) is 6.44. The van der Waals surface area contributed by atoms with Crippen LogP contribution in [0.3, 0.4) is 0 Å². The molecule has 3 aromatic carbocycles. The maximum atomic E-state index is 13.7. The highest BCUT2D eigenvalue weighted by Crippen LogP contribution is 2.43. The summed E-state index contributed by atoms with van der Waals surface area (Å²) in [4.78, 5) is 42.4. The van der Waals surface area contributed by atoms with E-state index in [9.17, 15) is 18.8 Å². The number of benzene rings is 3. The number of hydrogen-bond donors (Lipinski definition) is 0. The van der Waals surface area contributed by atoms with Crippen molar-refractivity contribution in [1.29, 1.82) is 0 Å². The highest BCUT2D eigenvalue weighted by molar-refractivity contribution is 6.30. The van der Waals surface area contributed by atoms with E-state index >= 15 is 0 Å². The van der Waals surface area contributed by atoms with Gasteiger partial charge >= 0.3 is 5.97 Å². The molecule has 0 saturated carbocycles. The number of halogens is 2. The molecular formula is C29H28ClFN2O4. The van der Waals surface area contributed by atoms with Crippen LogP contribution in [0.5, 0.6) is 0 Å². The lowest BCUT2D eigenvalue weighted by Crippen LogP contribution is -2.51. The fraction of sp³-hybridized carbons (Fsp3) is 0.276. The second-order valence-electron chi connectivity index (χ2n) is 8.78. The molecule has 0 bridgehead atoms. The molecule has 0 N–H and O–H groups in total. The van der Waals surface area contributed by atoms with Gasteiger partial charge in [0.1, 0.15) is 12.4 Å². The van der Waals surface area contributed by atoms with Gasteiger partial charge in [0.2, 0.25) is 5.91 Å². The van der Waals surface area contributed by atoms with Crippen molar-refractivity contribution < 1.29 is 23.5 Å². The molecule has 0 aliphatic carbocycles. The van der Waals surface area contributed by atoms with E-state index in [1.54, 1.807) is 47.9 Å². The molecule has 0 aromatic heterocycles. The number of ether oxygens (including phenoxy) is 1. The van der Waals surface area contributed by atoms with E-state index in [1.165, 1.54) is 24.3 Å². The lowest BCUT2D eigenvalue weighted by Gasteiger charge is -2.44. The number of esters is 1. The van der Waals surface area contributed by atoms with Crippen LogP contribution in [-0.2, 0) is 14.3 Å². The zero-order valence-electron chi connectivity index (χ0n) is 20.7. The number of carbonyl (C=O) groups is 3. The number of anilines is 2. The first-order valence-electron chi connectivity index (χ1n) is 12.2. The Morgan fingerprint density at radius 3 is 2.30 bits per heavy atom. The van der Waals surface area contributed by atoms with Gasteiger partial charge in [-0.05, 0) is 66.6 Å². The second-order valence-corrected chi connectivity index (χ2v) is 9.21. The summed E-state index contributed by atoms with van der Waals surface area (Å²) >= 11 is 6.11. The van der Waals surface area contributed by atoms with Crippen molar-refractivity contribution in [2.45, 2.75) is 45.2 Å². The number of fused-ring (bicyclic) bond motifs is 1. The highest BCUT2D eigenvalue weighted by atomic mass is 35.5. The predicted molar refractivity (Wildman–Crippen MR) is 141 cm³/mol. The topological polar surface area (TPSA) is 66.9 Å². The van der Waals surface area contributed by atoms with Crippen LogP contribution in [-0.4, -0.2) is 30.4 Å². The molecule has 0 saturated heterocycles. The van der Waals surface area contributed by atoms with Crippen LogP contribution in [0.15, 0.2) is 72.8 Å². The Morgan fingerprint density at radius 1 is 0.973 bits per heavy atom. The molecule has 3 aromatic rings. The molecular weight excluding hydrogens is 495 g/mol. The highest BCUT2D eigenvalue weighted by Gasteiger charge is 2.40. The van der Waals surface area contributed by atoms with Gasteiger partial charge in [-0.1, -0.05) is 43.6 Å². The smallest absolute Gasteiger partial charge is 0.305 e. The van der Waals surface area contributed by atoms with Crippen molar-refractivity contribution in [2.75, 3.05) is 16.4 Å². The number of rotatable bonds is 7. The molecule has 37 heavy (non-hydrogen) atoms. The predicted octanol–water partition coefficient (Wildman–Crippen LogP) is 6.34. The Labute approximate surface area is 220 Å². The van der Waals surface area contributed by atoms with E-state index in [0.717, 1.165) is 5.56 Å². The first kappa shape index (κ1) is 26.4. The molecule has 0 fully saturated rings. The van der Waals surface area contributed by atoms with Crippen LogP contribution in [0, 0.1) is 5.82 Å². The fourth-order valence-electron chi connectivity index (χ4n) is 4.63. The van der Waals surface area contributed by atoms with Gasteiger partial charge in [-0.25, -0.2) is 4.39 Å². The molecule has 4 rings (SSSR count). The first-order chi connectivity index (χ1) is 17.8. The van der Waals surface area contributed by atoms with Crippen molar-refractivity contribution in [1.82, 2.24) is 0 Å². The summed E-state index contributed by atoms with van der Waals surface area (Å²) < 4.78 is 19.1. The van der Waals surface area contributed by atoms with Crippen LogP contribution in [0.2, 0.25) is 5.02 Å². The molecule has 1 aliphatic rings. The summed E-state index contributed by atoms with van der Waals surface area (Å²) in [5, 5.41) is 0.553. The van der Waals surface area contributed by atoms with Gasteiger partial charge in [0.05, 0.1) is 12.1 Å². The summed E-state index contributed by atoms with van der Waals surface area (Å²) in [5.74, 6) is -1.27. The van der Waals surface area contributed by atoms with E-state index in [1.807, 2.05) is 24.3 Å². The molecule has 1 aliphatic heterocycles. The summed E-state index contributed by atoms with van der Waals surface area (Å²) in [6.07, 6.45) is 0.800. The molecule has 0 unspecified atom stereocenters. The number of hydrogen-bond acceptors (Lipinski definition) is 4. The van der Waals surface area contributed by atoms with Gasteiger partial charge in [0, 0.05) is 34.8 Å². The zero-order valence-corrected chi connectivity index (χ0v) is 21.5. The van der Waals surface area contributed by atoms with Crippen molar-refractivity contribution >= 4 is 40.8 Å². The molecule has 192 valence electrons. The third kappa shape index (κ3) is 5.67. The zero-order chi connectivity index (χ0) is 26.5. The molecule has 2 atom stereocenters. The quantitative estimate of drug-likeness (QED) is 0.340. The SMILES string of the molecule is CCC(=O)OC[C@H]1C[C@@H](N(C(=O)CC)c2ccc(Cl)cc2)c2ccccc2N1C(=O)c1ccc(F)cc1. The van der Waals surface area contributed by atoms with E-state index in [4.69, 9.17) is 16.3 Å². The van der Waals surface area contributed by atoms with Crippen LogP contribution >= 0.6 is 11.6 Å². The van der Waals surface area contributed by atoms with E-state index < -0.39 is 17.9 Å². The van der Waals surface area contributed by atoms with Crippen molar-refractivity contribution in [3.63, 3.8) is 0 Å². The number of carbonyl (C=O) groups excluding carboxylic acids is 3. The molecule has 6 nitrogen and oxygen atoms in total. The molecule has 2 amide bonds. The van der Waals surface area contributed by atoms with Crippen LogP contribution in [0.25, 0.3) is 0 Å². The lowest BCUT2D eigenvalue weighted by molar-refractivity contribution is -0.143. The minimum absolute atomic E-state index is 0.0424. The number of para-hydroxylation sites is 1. The van der Waals surface area contributed by atoms with Crippen LogP contribution < -0.4 is 9.80 Å². The summed E-state index contributed by atoms with van der Waals surface area (Å²) in [6.45, 7) is 3.45. The Balaban J connectivity index is 1.82. The normalized spacial score (nSPS) is 16.6. The minimum Gasteiger partial charge on any atom is -0.463 e. The second kappa shape index (κ2) is 11.6. The monoisotopic (exact) mass is 522 g/mol. The van der Waals surface area contributed by atoms with E-state index in [0.29, 0.717) is 28.4 Å². The van der Waals surface area contributed by atoms with Gasteiger partial charge < -0.3 is 14.5 Å². The maximum Gasteiger partial charge on any atom is 0.305 e. The Bertz CT molecular complexity index is 1280. The fourth-order valence-corrected chi connectivity index (χ4v) is 4.76.